The molecule has 0 aliphatic rings. The van der Waals surface area contributed by atoms with Crippen molar-refractivity contribution in [2.45, 2.75) is 6.54 Å². The van der Waals surface area contributed by atoms with Gasteiger partial charge in [-0.05, 0) is 30.3 Å². The topological polar surface area (TPSA) is 53.7 Å². The number of nitrogens with zero attached hydrogens (tertiary/aromatic N) is 1. The average molecular weight is 287 g/mol. The second-order valence-corrected chi connectivity index (χ2v) is 4.40. The van der Waals surface area contributed by atoms with E-state index in [-0.39, 0.29) is 18.7 Å². The molecule has 0 saturated heterocycles. The van der Waals surface area contributed by atoms with Gasteiger partial charge in [-0.3, -0.25) is 4.79 Å². The molecule has 2 aromatic rings. The lowest BCUT2D eigenvalue weighted by atomic mass is 10.1. The van der Waals surface area contributed by atoms with Gasteiger partial charge in [-0.1, -0.05) is 11.8 Å². The van der Waals surface area contributed by atoms with Crippen LogP contribution in [0.1, 0.15) is 21.7 Å². The standard InChI is InChI=1S/C16H14FNO3/c1-18(11-13-5-3-9-21-13)16(20)14-7-6-12(4-2-8-19)10-15(14)17/h3,5-7,9-10,19H,8,11H2,1H3. The summed E-state index contributed by atoms with van der Waals surface area (Å²) >= 11 is 0. The van der Waals surface area contributed by atoms with E-state index in [2.05, 4.69) is 11.8 Å². The molecule has 0 saturated carbocycles. The Kier molecular flexibility index (Phi) is 4.75. The number of aliphatic hydroxyl groups excluding tert-OH is 1. The predicted molar refractivity (Wildman–Crippen MR) is 74.9 cm³/mol. The highest BCUT2D eigenvalue weighted by Crippen LogP contribution is 2.14. The van der Waals surface area contributed by atoms with Gasteiger partial charge in [0.2, 0.25) is 0 Å². The van der Waals surface area contributed by atoms with E-state index in [1.165, 1.54) is 23.3 Å². The van der Waals surface area contributed by atoms with Crippen molar-refractivity contribution in [2.24, 2.45) is 0 Å². The molecule has 1 aromatic heterocycles. The van der Waals surface area contributed by atoms with E-state index < -0.39 is 11.7 Å². The fraction of sp³-hybridized carbons (Fsp3) is 0.188. The molecular formula is C16H14FNO3. The second-order valence-electron chi connectivity index (χ2n) is 4.40. The Labute approximate surface area is 121 Å². The minimum atomic E-state index is -0.643. The summed E-state index contributed by atoms with van der Waals surface area (Å²) in [7, 11) is 1.57. The first-order chi connectivity index (χ1) is 10.1. The highest BCUT2D eigenvalue weighted by molar-refractivity contribution is 5.94. The fourth-order valence-electron chi connectivity index (χ4n) is 1.82. The summed E-state index contributed by atoms with van der Waals surface area (Å²) in [6.07, 6.45) is 1.52. The van der Waals surface area contributed by atoms with Crippen LogP contribution in [0.15, 0.2) is 41.0 Å². The van der Waals surface area contributed by atoms with Crippen molar-refractivity contribution in [1.29, 1.82) is 0 Å². The van der Waals surface area contributed by atoms with Gasteiger partial charge in [0.05, 0.1) is 18.4 Å². The molecule has 1 N–H and O–H groups in total. The largest absolute Gasteiger partial charge is 0.467 e. The van der Waals surface area contributed by atoms with Crippen molar-refractivity contribution in [1.82, 2.24) is 4.90 Å². The predicted octanol–water partition coefficient (Wildman–Crippen LogP) is 2.03. The second kappa shape index (κ2) is 6.73. The molecule has 5 heteroatoms. The zero-order valence-electron chi connectivity index (χ0n) is 11.5. The average Bonchev–Trinajstić information content (AvgIpc) is 2.97. The Balaban J connectivity index is 2.15. The van der Waals surface area contributed by atoms with Gasteiger partial charge in [0, 0.05) is 12.6 Å². The molecule has 0 unspecified atom stereocenters. The first-order valence-corrected chi connectivity index (χ1v) is 6.29. The number of halogens is 1. The number of carbonyl (C=O) groups is 1. The van der Waals surface area contributed by atoms with Crippen molar-refractivity contribution in [3.63, 3.8) is 0 Å². The molecule has 0 aliphatic heterocycles. The van der Waals surface area contributed by atoms with E-state index in [9.17, 15) is 9.18 Å². The van der Waals surface area contributed by atoms with Crippen LogP contribution in [0.3, 0.4) is 0 Å². The van der Waals surface area contributed by atoms with Crippen LogP contribution in [0, 0.1) is 17.7 Å². The zero-order chi connectivity index (χ0) is 15.2. The summed E-state index contributed by atoms with van der Waals surface area (Å²) in [5, 5.41) is 8.60. The summed E-state index contributed by atoms with van der Waals surface area (Å²) in [6, 6.07) is 7.57. The van der Waals surface area contributed by atoms with Gasteiger partial charge in [0.1, 0.15) is 18.2 Å². The molecule has 1 heterocycles. The minimum Gasteiger partial charge on any atom is -0.467 e. The lowest BCUT2D eigenvalue weighted by molar-refractivity contribution is 0.0771. The smallest absolute Gasteiger partial charge is 0.256 e. The Bertz CT molecular complexity index is 683. The molecule has 1 amide bonds. The van der Waals surface area contributed by atoms with Crippen LogP contribution in [0.2, 0.25) is 0 Å². The van der Waals surface area contributed by atoms with E-state index in [0.717, 1.165) is 0 Å². The van der Waals surface area contributed by atoms with Crippen molar-refractivity contribution in [3.05, 3.63) is 59.3 Å². The molecular weight excluding hydrogens is 273 g/mol. The van der Waals surface area contributed by atoms with Crippen molar-refractivity contribution in [3.8, 4) is 11.8 Å². The van der Waals surface area contributed by atoms with Gasteiger partial charge < -0.3 is 14.4 Å². The summed E-state index contributed by atoms with van der Waals surface area (Å²) in [5.41, 5.74) is 0.380. The van der Waals surface area contributed by atoms with Crippen molar-refractivity contribution < 1.29 is 18.7 Å². The van der Waals surface area contributed by atoms with Crippen molar-refractivity contribution in [2.75, 3.05) is 13.7 Å². The van der Waals surface area contributed by atoms with E-state index in [1.807, 2.05) is 0 Å². The third-order valence-corrected chi connectivity index (χ3v) is 2.83. The van der Waals surface area contributed by atoms with Gasteiger partial charge in [-0.15, -0.1) is 0 Å². The minimum absolute atomic E-state index is 0.0291. The summed E-state index contributed by atoms with van der Waals surface area (Å²) in [4.78, 5) is 13.6. The fourth-order valence-corrected chi connectivity index (χ4v) is 1.82. The maximum atomic E-state index is 14.0. The normalized spacial score (nSPS) is 9.86. The van der Waals surface area contributed by atoms with E-state index in [0.29, 0.717) is 11.3 Å². The van der Waals surface area contributed by atoms with E-state index in [1.54, 1.807) is 25.2 Å². The Hall–Kier alpha value is -2.58. The Morgan fingerprint density at radius 3 is 2.86 bits per heavy atom. The van der Waals surface area contributed by atoms with Crippen LogP contribution >= 0.6 is 0 Å². The quantitative estimate of drug-likeness (QED) is 0.879. The number of carbonyl (C=O) groups excluding carboxylic acids is 1. The SMILES string of the molecule is CN(Cc1ccco1)C(=O)c1ccc(C#CCO)cc1F. The van der Waals surface area contributed by atoms with E-state index >= 15 is 0 Å². The third kappa shape index (κ3) is 3.71. The number of hydrogen-bond acceptors (Lipinski definition) is 3. The lowest BCUT2D eigenvalue weighted by Gasteiger charge is -2.16. The van der Waals surface area contributed by atoms with Gasteiger partial charge >= 0.3 is 0 Å². The van der Waals surface area contributed by atoms with Gasteiger partial charge in [0.15, 0.2) is 0 Å². The molecule has 2 rings (SSSR count). The third-order valence-electron chi connectivity index (χ3n) is 2.83. The lowest BCUT2D eigenvalue weighted by Crippen LogP contribution is -2.26. The van der Waals surface area contributed by atoms with Crippen LogP contribution in [0.4, 0.5) is 4.39 Å². The highest BCUT2D eigenvalue weighted by atomic mass is 19.1. The molecule has 21 heavy (non-hydrogen) atoms. The first-order valence-electron chi connectivity index (χ1n) is 6.29. The van der Waals surface area contributed by atoms with Crippen LogP contribution in [-0.4, -0.2) is 29.6 Å². The Morgan fingerprint density at radius 1 is 1.43 bits per heavy atom. The summed E-state index contributed by atoms with van der Waals surface area (Å²) in [5.74, 6) is 4.55. The number of furan rings is 1. The highest BCUT2D eigenvalue weighted by Gasteiger charge is 2.17. The van der Waals surface area contributed by atoms with Gasteiger partial charge in [-0.25, -0.2) is 4.39 Å². The number of amides is 1. The molecule has 0 aliphatic carbocycles. The molecule has 0 bridgehead atoms. The summed E-state index contributed by atoms with van der Waals surface area (Å²) < 4.78 is 19.1. The van der Waals surface area contributed by atoms with E-state index in [4.69, 9.17) is 9.52 Å². The molecule has 0 radical (unpaired) electrons. The van der Waals surface area contributed by atoms with Crippen molar-refractivity contribution >= 4 is 5.91 Å². The number of benzene rings is 1. The Morgan fingerprint density at radius 2 is 2.24 bits per heavy atom. The first kappa shape index (κ1) is 14.8. The molecule has 1 aromatic carbocycles. The maximum Gasteiger partial charge on any atom is 0.256 e. The molecule has 0 atom stereocenters. The maximum absolute atomic E-state index is 14.0. The van der Waals surface area contributed by atoms with Gasteiger partial charge in [0.25, 0.3) is 5.91 Å². The number of rotatable bonds is 3. The summed E-state index contributed by atoms with van der Waals surface area (Å²) in [6.45, 7) is -0.0362. The monoisotopic (exact) mass is 287 g/mol. The number of hydrogen-bond donors (Lipinski definition) is 1. The molecule has 0 fully saturated rings. The van der Waals surface area contributed by atoms with Gasteiger partial charge in [-0.2, -0.15) is 0 Å². The van der Waals surface area contributed by atoms with Crippen LogP contribution < -0.4 is 0 Å². The molecule has 4 nitrogen and oxygen atoms in total. The van der Waals surface area contributed by atoms with Crippen LogP contribution in [0.25, 0.3) is 0 Å². The number of aliphatic hydroxyl groups is 1. The molecule has 108 valence electrons. The molecule has 0 spiro atoms. The van der Waals surface area contributed by atoms with Crippen LogP contribution in [0.5, 0.6) is 0 Å². The zero-order valence-corrected chi connectivity index (χ0v) is 11.5. The van der Waals surface area contributed by atoms with Crippen LogP contribution in [-0.2, 0) is 6.54 Å².